The maximum Gasteiger partial charge on any atom is 0.232 e. The molecule has 0 fully saturated rings. The van der Waals surface area contributed by atoms with Gasteiger partial charge in [0.1, 0.15) is 0 Å². The van der Waals surface area contributed by atoms with Crippen LogP contribution in [0.15, 0.2) is 18.2 Å². The average Bonchev–Trinajstić information content (AvgIpc) is 2.74. The molecule has 7 heteroatoms. The summed E-state index contributed by atoms with van der Waals surface area (Å²) in [5.41, 5.74) is 0.892. The molecule has 0 radical (unpaired) electrons. The van der Waals surface area contributed by atoms with Crippen molar-refractivity contribution in [2.24, 2.45) is 0 Å². The highest BCUT2D eigenvalue weighted by atomic mass is 35.5. The fraction of sp³-hybridized carbons (Fsp3) is 0.125. The molecule has 0 bridgehead atoms. The molecular formula is C8H6Cl2N4S. The van der Waals surface area contributed by atoms with Crippen LogP contribution in [0.3, 0.4) is 0 Å². The second-order valence-corrected chi connectivity index (χ2v) is 4.33. The molecule has 0 aliphatic rings. The van der Waals surface area contributed by atoms with Crippen molar-refractivity contribution >= 4 is 45.6 Å². The van der Waals surface area contributed by atoms with Crippen molar-refractivity contribution in [2.45, 2.75) is 0 Å². The molecule has 2 rings (SSSR count). The lowest BCUT2D eigenvalue weighted by Crippen LogP contribution is -2.08. The van der Waals surface area contributed by atoms with Crippen LogP contribution in [0, 0.1) is 0 Å². The van der Waals surface area contributed by atoms with E-state index in [2.05, 4.69) is 14.8 Å². The van der Waals surface area contributed by atoms with Gasteiger partial charge in [0.15, 0.2) is 0 Å². The molecular weight excluding hydrogens is 255 g/mol. The minimum atomic E-state index is 0.512. The zero-order chi connectivity index (χ0) is 10.8. The molecule has 0 amide bonds. The predicted octanol–water partition coefficient (Wildman–Crippen LogP) is 3.01. The molecule has 1 aromatic carbocycles. The summed E-state index contributed by atoms with van der Waals surface area (Å²) in [6, 6.07) is 5.37. The molecule has 0 saturated heterocycles. The Kier molecular flexibility index (Phi) is 3.04. The van der Waals surface area contributed by atoms with Gasteiger partial charge in [0.25, 0.3) is 0 Å². The Labute approximate surface area is 101 Å². The molecule has 0 saturated carbocycles. The maximum absolute atomic E-state index is 5.91. The number of hydrogen-bond donors (Lipinski definition) is 0. The van der Waals surface area contributed by atoms with Gasteiger partial charge in [-0.2, -0.15) is 0 Å². The van der Waals surface area contributed by atoms with Gasteiger partial charge in [-0.05, 0) is 23.4 Å². The van der Waals surface area contributed by atoms with Gasteiger partial charge in [0, 0.05) is 24.3 Å². The third-order valence-electron chi connectivity index (χ3n) is 1.87. The maximum atomic E-state index is 5.91. The van der Waals surface area contributed by atoms with E-state index in [0.717, 1.165) is 5.69 Å². The van der Waals surface area contributed by atoms with Gasteiger partial charge in [-0.3, -0.25) is 0 Å². The van der Waals surface area contributed by atoms with E-state index < -0.39 is 0 Å². The summed E-state index contributed by atoms with van der Waals surface area (Å²) >= 11 is 12.9. The molecule has 0 spiro atoms. The smallest absolute Gasteiger partial charge is 0.232 e. The van der Waals surface area contributed by atoms with E-state index >= 15 is 0 Å². The number of aromatic nitrogens is 3. The summed E-state index contributed by atoms with van der Waals surface area (Å²) in [6.45, 7) is 0. The van der Waals surface area contributed by atoms with E-state index in [0.29, 0.717) is 15.2 Å². The van der Waals surface area contributed by atoms with E-state index in [9.17, 15) is 0 Å². The Morgan fingerprint density at radius 2 is 2.07 bits per heavy atom. The summed E-state index contributed by atoms with van der Waals surface area (Å²) in [4.78, 5) is 1.84. The number of halogens is 2. The minimum absolute atomic E-state index is 0.512. The highest BCUT2D eigenvalue weighted by Gasteiger charge is 2.09. The van der Waals surface area contributed by atoms with Gasteiger partial charge < -0.3 is 4.90 Å². The molecule has 1 heterocycles. The van der Waals surface area contributed by atoms with Crippen LogP contribution in [0.2, 0.25) is 10.0 Å². The Morgan fingerprint density at radius 1 is 1.27 bits per heavy atom. The first-order valence-electron chi connectivity index (χ1n) is 4.02. The molecule has 0 aliphatic heterocycles. The molecule has 15 heavy (non-hydrogen) atoms. The summed E-state index contributed by atoms with van der Waals surface area (Å²) in [5, 5.41) is 9.12. The number of anilines is 2. The lowest BCUT2D eigenvalue weighted by atomic mass is 10.3. The van der Waals surface area contributed by atoms with Crippen LogP contribution in [-0.2, 0) is 0 Å². The Hall–Kier alpha value is -0.910. The largest absolute Gasteiger partial charge is 0.318 e. The second kappa shape index (κ2) is 4.30. The van der Waals surface area contributed by atoms with Crippen molar-refractivity contribution in [3.63, 3.8) is 0 Å². The second-order valence-electron chi connectivity index (χ2n) is 2.80. The summed E-state index contributed by atoms with van der Waals surface area (Å²) in [7, 11) is 1.86. The van der Waals surface area contributed by atoms with Crippen LogP contribution in [0.4, 0.5) is 10.8 Å². The lowest BCUT2D eigenvalue weighted by Gasteiger charge is -2.14. The molecule has 0 unspecified atom stereocenters. The van der Waals surface area contributed by atoms with Gasteiger partial charge in [0.05, 0.1) is 10.0 Å². The monoisotopic (exact) mass is 260 g/mol. The molecule has 0 atom stereocenters. The molecule has 0 N–H and O–H groups in total. The first-order chi connectivity index (χ1) is 7.18. The first-order valence-corrected chi connectivity index (χ1v) is 5.55. The highest BCUT2D eigenvalue weighted by molar-refractivity contribution is 7.09. The van der Waals surface area contributed by atoms with E-state index in [1.807, 2.05) is 18.0 Å². The minimum Gasteiger partial charge on any atom is -0.318 e. The lowest BCUT2D eigenvalue weighted by molar-refractivity contribution is 0.944. The number of nitrogens with zero attached hydrogens (tertiary/aromatic N) is 4. The van der Waals surface area contributed by atoms with E-state index in [-0.39, 0.29) is 0 Å². The average molecular weight is 261 g/mol. The highest BCUT2D eigenvalue weighted by Crippen LogP contribution is 2.30. The van der Waals surface area contributed by atoms with Crippen molar-refractivity contribution in [1.82, 2.24) is 14.8 Å². The third kappa shape index (κ3) is 2.19. The van der Waals surface area contributed by atoms with E-state index in [1.165, 1.54) is 11.5 Å². The van der Waals surface area contributed by atoms with Crippen LogP contribution in [0.5, 0.6) is 0 Å². The van der Waals surface area contributed by atoms with Gasteiger partial charge >= 0.3 is 0 Å². The predicted molar refractivity (Wildman–Crippen MR) is 62.2 cm³/mol. The topological polar surface area (TPSA) is 41.9 Å². The Morgan fingerprint density at radius 3 is 2.67 bits per heavy atom. The zero-order valence-corrected chi connectivity index (χ0v) is 10.0. The van der Waals surface area contributed by atoms with Crippen LogP contribution in [-0.4, -0.2) is 21.8 Å². The van der Waals surface area contributed by atoms with Crippen LogP contribution >= 0.6 is 34.7 Å². The van der Waals surface area contributed by atoms with Crippen molar-refractivity contribution in [2.75, 3.05) is 11.9 Å². The standard InChI is InChI=1S/C8H6Cl2N4S/c1-14(8-11-12-13-15-8)5-2-3-6(9)7(10)4-5/h2-4H,1H3. The Bertz CT molecular complexity index is 460. The molecule has 2 aromatic rings. The Balaban J connectivity index is 2.34. The first kappa shape index (κ1) is 10.6. The van der Waals surface area contributed by atoms with Crippen LogP contribution in [0.25, 0.3) is 0 Å². The van der Waals surface area contributed by atoms with Gasteiger partial charge in [-0.15, -0.1) is 0 Å². The van der Waals surface area contributed by atoms with E-state index in [4.69, 9.17) is 23.2 Å². The fourth-order valence-corrected chi connectivity index (χ4v) is 1.80. The van der Waals surface area contributed by atoms with Crippen LogP contribution in [0.1, 0.15) is 0 Å². The molecule has 0 aliphatic carbocycles. The van der Waals surface area contributed by atoms with Gasteiger partial charge in [-0.25, -0.2) is 0 Å². The SMILES string of the molecule is CN(c1ccc(Cl)c(Cl)c1)c1nnns1. The third-order valence-corrected chi connectivity index (χ3v) is 3.28. The van der Waals surface area contributed by atoms with Crippen molar-refractivity contribution in [3.8, 4) is 0 Å². The van der Waals surface area contributed by atoms with Gasteiger partial charge in [0.2, 0.25) is 5.13 Å². The number of hydrogen-bond acceptors (Lipinski definition) is 5. The molecule has 78 valence electrons. The van der Waals surface area contributed by atoms with Gasteiger partial charge in [-0.1, -0.05) is 32.8 Å². The summed E-state index contributed by atoms with van der Waals surface area (Å²) < 4.78 is 3.69. The zero-order valence-electron chi connectivity index (χ0n) is 7.69. The molecule has 1 aromatic heterocycles. The van der Waals surface area contributed by atoms with Crippen molar-refractivity contribution in [1.29, 1.82) is 0 Å². The van der Waals surface area contributed by atoms with Crippen molar-refractivity contribution < 1.29 is 0 Å². The number of benzene rings is 1. The summed E-state index contributed by atoms with van der Waals surface area (Å²) in [6.07, 6.45) is 0. The normalized spacial score (nSPS) is 10.3. The van der Waals surface area contributed by atoms with E-state index in [1.54, 1.807) is 12.1 Å². The molecule has 4 nitrogen and oxygen atoms in total. The number of rotatable bonds is 2. The quantitative estimate of drug-likeness (QED) is 0.833. The summed E-state index contributed by atoms with van der Waals surface area (Å²) in [5.74, 6) is 0. The fourth-order valence-electron chi connectivity index (χ4n) is 1.06. The van der Waals surface area contributed by atoms with Crippen molar-refractivity contribution in [3.05, 3.63) is 28.2 Å². The van der Waals surface area contributed by atoms with Crippen LogP contribution < -0.4 is 4.90 Å².